The van der Waals surface area contributed by atoms with Crippen molar-refractivity contribution < 1.29 is 19.1 Å². The fourth-order valence-electron chi connectivity index (χ4n) is 4.56. The summed E-state index contributed by atoms with van der Waals surface area (Å²) < 4.78 is 10.7. The number of hydrogen-bond donors (Lipinski definition) is 1. The second-order valence-electron chi connectivity index (χ2n) is 9.06. The van der Waals surface area contributed by atoms with Gasteiger partial charge in [0, 0.05) is 58.3 Å². The van der Waals surface area contributed by atoms with Gasteiger partial charge in [0.15, 0.2) is 0 Å². The number of likely N-dealkylation sites (N-methyl/N-ethyl adjacent to an activating group) is 1. The van der Waals surface area contributed by atoms with Crippen LogP contribution in [-0.2, 0) is 22.7 Å². The molecule has 0 aliphatic carbocycles. The molecule has 2 fully saturated rings. The lowest BCUT2D eigenvalue weighted by Gasteiger charge is -2.32. The van der Waals surface area contributed by atoms with Crippen molar-refractivity contribution in [1.29, 1.82) is 0 Å². The van der Waals surface area contributed by atoms with Crippen LogP contribution in [0.3, 0.4) is 0 Å². The summed E-state index contributed by atoms with van der Waals surface area (Å²) in [6, 6.07) is 13.7. The molecule has 2 amide bonds. The highest BCUT2D eigenvalue weighted by atomic mass is 16.5. The zero-order valence-electron chi connectivity index (χ0n) is 20.3. The molecular formula is C26H34N4O4. The van der Waals surface area contributed by atoms with Crippen LogP contribution in [0.5, 0.6) is 11.5 Å². The maximum atomic E-state index is 12.9. The van der Waals surface area contributed by atoms with Crippen LogP contribution >= 0.6 is 0 Å². The first-order chi connectivity index (χ1) is 16.5. The Morgan fingerprint density at radius 2 is 1.79 bits per heavy atom. The number of piperazine rings is 1. The van der Waals surface area contributed by atoms with Crippen molar-refractivity contribution in [2.45, 2.75) is 19.5 Å². The molecule has 0 aromatic heterocycles. The van der Waals surface area contributed by atoms with E-state index in [0.29, 0.717) is 30.3 Å². The van der Waals surface area contributed by atoms with E-state index in [1.165, 1.54) is 5.56 Å². The number of nitrogens with zero attached hydrogens (tertiary/aromatic N) is 3. The van der Waals surface area contributed by atoms with Gasteiger partial charge in [0.25, 0.3) is 0 Å². The topological polar surface area (TPSA) is 74.4 Å². The first kappa shape index (κ1) is 24.0. The second-order valence-corrected chi connectivity index (χ2v) is 9.06. The van der Waals surface area contributed by atoms with Crippen LogP contribution < -0.4 is 19.7 Å². The Kier molecular flexibility index (Phi) is 7.70. The molecular weight excluding hydrogens is 432 g/mol. The number of anilines is 1. The second kappa shape index (κ2) is 10.9. The van der Waals surface area contributed by atoms with Gasteiger partial charge in [-0.2, -0.15) is 0 Å². The van der Waals surface area contributed by atoms with Gasteiger partial charge in [-0.3, -0.25) is 14.5 Å². The fraction of sp³-hybridized carbons (Fsp3) is 0.462. The molecule has 2 aliphatic rings. The summed E-state index contributed by atoms with van der Waals surface area (Å²) in [5, 5.41) is 3.03. The molecule has 182 valence electrons. The summed E-state index contributed by atoms with van der Waals surface area (Å²) in [4.78, 5) is 32.0. The lowest BCUT2D eigenvalue weighted by atomic mass is 10.1. The highest BCUT2D eigenvalue weighted by Crippen LogP contribution is 2.36. The molecule has 8 nitrogen and oxygen atoms in total. The molecule has 2 aromatic carbocycles. The molecule has 1 unspecified atom stereocenters. The minimum Gasteiger partial charge on any atom is -0.497 e. The van der Waals surface area contributed by atoms with Gasteiger partial charge in [-0.05, 0) is 30.3 Å². The predicted octanol–water partition coefficient (Wildman–Crippen LogP) is 2.12. The van der Waals surface area contributed by atoms with E-state index in [2.05, 4.69) is 34.3 Å². The van der Waals surface area contributed by atoms with E-state index in [1.54, 1.807) is 37.3 Å². The molecule has 2 aliphatic heterocycles. The Morgan fingerprint density at radius 1 is 1.03 bits per heavy atom. The van der Waals surface area contributed by atoms with Gasteiger partial charge in [-0.1, -0.05) is 24.3 Å². The SMILES string of the molecule is COc1ccc(OC)c(N2CC(C(=O)NCc3cccc(CN4CCN(C)CC4)c3)CC2=O)c1. The van der Waals surface area contributed by atoms with Crippen LogP contribution in [-0.4, -0.2) is 75.6 Å². The monoisotopic (exact) mass is 466 g/mol. The largest absolute Gasteiger partial charge is 0.497 e. The maximum absolute atomic E-state index is 12.9. The van der Waals surface area contributed by atoms with Gasteiger partial charge in [-0.25, -0.2) is 0 Å². The van der Waals surface area contributed by atoms with Crippen LogP contribution in [0.2, 0.25) is 0 Å². The van der Waals surface area contributed by atoms with Crippen LogP contribution in [0.25, 0.3) is 0 Å². The predicted molar refractivity (Wildman–Crippen MR) is 131 cm³/mol. The summed E-state index contributed by atoms with van der Waals surface area (Å²) in [5.41, 5.74) is 2.94. The molecule has 8 heteroatoms. The van der Waals surface area contributed by atoms with Crippen molar-refractivity contribution in [3.05, 3.63) is 53.6 Å². The lowest BCUT2D eigenvalue weighted by molar-refractivity contribution is -0.126. The highest BCUT2D eigenvalue weighted by molar-refractivity contribution is 6.01. The molecule has 34 heavy (non-hydrogen) atoms. The van der Waals surface area contributed by atoms with Crippen LogP contribution in [0.15, 0.2) is 42.5 Å². The molecule has 2 heterocycles. The maximum Gasteiger partial charge on any atom is 0.227 e. The molecule has 0 saturated carbocycles. The third-order valence-electron chi connectivity index (χ3n) is 6.63. The smallest absolute Gasteiger partial charge is 0.227 e. The number of benzene rings is 2. The third-order valence-corrected chi connectivity index (χ3v) is 6.63. The van der Waals surface area contributed by atoms with E-state index in [-0.39, 0.29) is 18.2 Å². The van der Waals surface area contributed by atoms with Crippen molar-refractivity contribution in [3.63, 3.8) is 0 Å². The number of hydrogen-bond acceptors (Lipinski definition) is 6. The fourth-order valence-corrected chi connectivity index (χ4v) is 4.56. The molecule has 0 spiro atoms. The Labute approximate surface area is 201 Å². The summed E-state index contributed by atoms with van der Waals surface area (Å²) in [6.07, 6.45) is 0.176. The molecule has 1 N–H and O–H groups in total. The Morgan fingerprint density at radius 3 is 2.53 bits per heavy atom. The normalized spacial score (nSPS) is 19.3. The minimum absolute atomic E-state index is 0.0964. The van der Waals surface area contributed by atoms with Crippen molar-refractivity contribution in [1.82, 2.24) is 15.1 Å². The number of carbonyl (C=O) groups is 2. The van der Waals surface area contributed by atoms with Gasteiger partial charge >= 0.3 is 0 Å². The molecule has 0 bridgehead atoms. The Bertz CT molecular complexity index is 1020. The molecule has 2 aromatic rings. The van der Waals surface area contributed by atoms with E-state index in [9.17, 15) is 9.59 Å². The lowest BCUT2D eigenvalue weighted by Crippen LogP contribution is -2.43. The van der Waals surface area contributed by atoms with E-state index >= 15 is 0 Å². The molecule has 4 rings (SSSR count). The van der Waals surface area contributed by atoms with E-state index < -0.39 is 5.92 Å². The number of rotatable bonds is 8. The zero-order valence-corrected chi connectivity index (χ0v) is 20.3. The van der Waals surface area contributed by atoms with Crippen LogP contribution in [0.4, 0.5) is 5.69 Å². The van der Waals surface area contributed by atoms with Crippen molar-refractivity contribution in [2.75, 3.05) is 58.9 Å². The van der Waals surface area contributed by atoms with Crippen LogP contribution in [0, 0.1) is 5.92 Å². The first-order valence-corrected chi connectivity index (χ1v) is 11.8. The highest BCUT2D eigenvalue weighted by Gasteiger charge is 2.36. The number of carbonyl (C=O) groups excluding carboxylic acids is 2. The van der Waals surface area contributed by atoms with Crippen LogP contribution in [0.1, 0.15) is 17.5 Å². The van der Waals surface area contributed by atoms with Gasteiger partial charge in [0.2, 0.25) is 11.8 Å². The number of nitrogens with one attached hydrogen (secondary N) is 1. The van der Waals surface area contributed by atoms with E-state index in [4.69, 9.17) is 9.47 Å². The van der Waals surface area contributed by atoms with E-state index in [1.807, 2.05) is 12.1 Å². The molecule has 0 radical (unpaired) electrons. The Hall–Kier alpha value is -3.10. The first-order valence-electron chi connectivity index (χ1n) is 11.8. The van der Waals surface area contributed by atoms with Gasteiger partial charge in [-0.15, -0.1) is 0 Å². The van der Waals surface area contributed by atoms with Crippen molar-refractivity contribution in [2.24, 2.45) is 5.92 Å². The van der Waals surface area contributed by atoms with Gasteiger partial charge in [0.1, 0.15) is 11.5 Å². The minimum atomic E-state index is -0.406. The zero-order chi connectivity index (χ0) is 24.1. The van der Waals surface area contributed by atoms with Gasteiger partial charge < -0.3 is 24.6 Å². The summed E-state index contributed by atoms with van der Waals surface area (Å²) in [7, 11) is 5.30. The van der Waals surface area contributed by atoms with Crippen molar-refractivity contribution in [3.8, 4) is 11.5 Å². The quantitative estimate of drug-likeness (QED) is 0.643. The standard InChI is InChI=1S/C26H34N4O4/c1-28-9-11-29(12-10-28)17-20-6-4-5-19(13-20)16-27-26(32)21-14-25(31)30(18-21)23-15-22(33-2)7-8-24(23)34-3/h4-8,13,15,21H,9-12,14,16-18H2,1-3H3,(H,27,32). The summed E-state index contributed by atoms with van der Waals surface area (Å²) in [5.74, 6) is 0.598. The average molecular weight is 467 g/mol. The van der Waals surface area contributed by atoms with E-state index in [0.717, 1.165) is 38.3 Å². The number of methoxy groups -OCH3 is 2. The average Bonchev–Trinajstić information content (AvgIpc) is 3.25. The van der Waals surface area contributed by atoms with Gasteiger partial charge in [0.05, 0.1) is 25.8 Å². The molecule has 1 atom stereocenters. The number of amides is 2. The summed E-state index contributed by atoms with van der Waals surface area (Å²) >= 11 is 0. The summed E-state index contributed by atoms with van der Waals surface area (Å²) in [6.45, 7) is 6.01. The molecule has 2 saturated heterocycles. The number of ether oxygens (including phenoxy) is 2. The van der Waals surface area contributed by atoms with Crippen molar-refractivity contribution >= 4 is 17.5 Å². The Balaban J connectivity index is 1.34. The third kappa shape index (κ3) is 5.69.